The lowest BCUT2D eigenvalue weighted by Gasteiger charge is -2.31. The highest BCUT2D eigenvalue weighted by Gasteiger charge is 2.58. The van der Waals surface area contributed by atoms with Gasteiger partial charge >= 0.3 is 5.97 Å². The van der Waals surface area contributed by atoms with E-state index in [9.17, 15) is 13.2 Å². The Morgan fingerprint density at radius 2 is 1.90 bits per heavy atom. The molecule has 1 saturated carbocycles. The minimum absolute atomic E-state index is 0.0134. The summed E-state index contributed by atoms with van der Waals surface area (Å²) in [6.07, 6.45) is 0.932. The van der Waals surface area contributed by atoms with Crippen molar-refractivity contribution in [2.75, 3.05) is 6.54 Å². The second-order valence-corrected chi connectivity index (χ2v) is 8.20. The molecule has 1 aromatic rings. The van der Waals surface area contributed by atoms with Gasteiger partial charge in [-0.2, -0.15) is 4.31 Å². The summed E-state index contributed by atoms with van der Waals surface area (Å²) in [5.74, 6) is 0.183. The third-order valence-corrected chi connectivity index (χ3v) is 6.85. The molecule has 0 aromatic heterocycles. The summed E-state index contributed by atoms with van der Waals surface area (Å²) in [5.41, 5.74) is 1.01. The molecule has 1 aromatic carbocycles. The molecule has 0 radical (unpaired) electrons. The van der Waals surface area contributed by atoms with Crippen molar-refractivity contribution in [3.8, 4) is 0 Å². The molecular formula is C15H17NO4S. The third-order valence-electron chi connectivity index (χ3n) is 5.01. The number of carbonyl (C=O) groups is 1. The first-order valence-corrected chi connectivity index (χ1v) is 8.70. The van der Waals surface area contributed by atoms with Crippen LogP contribution in [-0.2, 0) is 19.6 Å². The average Bonchev–Trinajstić information content (AvgIpc) is 2.95. The van der Waals surface area contributed by atoms with Gasteiger partial charge in [0.1, 0.15) is 0 Å². The van der Waals surface area contributed by atoms with Crippen LogP contribution in [0.4, 0.5) is 0 Å². The van der Waals surface area contributed by atoms with E-state index in [1.165, 1.54) is 4.31 Å². The first kappa shape index (κ1) is 13.3. The van der Waals surface area contributed by atoms with Crippen LogP contribution >= 0.6 is 0 Å². The molecule has 1 aliphatic carbocycles. The highest BCUT2D eigenvalue weighted by atomic mass is 32.2. The number of carbonyl (C=O) groups excluding carboxylic acids is 1. The van der Waals surface area contributed by atoms with Gasteiger partial charge in [0, 0.05) is 12.5 Å². The largest absolute Gasteiger partial charge is 0.445 e. The van der Waals surface area contributed by atoms with Crippen LogP contribution in [0.2, 0.25) is 0 Å². The third kappa shape index (κ3) is 1.85. The van der Waals surface area contributed by atoms with Gasteiger partial charge in [-0.25, -0.2) is 8.42 Å². The van der Waals surface area contributed by atoms with Gasteiger partial charge in [-0.3, -0.25) is 4.79 Å². The minimum Gasteiger partial charge on any atom is -0.445 e. The van der Waals surface area contributed by atoms with E-state index in [2.05, 4.69) is 0 Å². The van der Waals surface area contributed by atoms with Crippen molar-refractivity contribution >= 4 is 16.0 Å². The van der Waals surface area contributed by atoms with E-state index in [4.69, 9.17) is 4.74 Å². The van der Waals surface area contributed by atoms with Crippen molar-refractivity contribution in [3.05, 3.63) is 29.8 Å². The van der Waals surface area contributed by atoms with Crippen molar-refractivity contribution < 1.29 is 17.9 Å². The fourth-order valence-electron chi connectivity index (χ4n) is 3.90. The predicted molar refractivity (Wildman–Crippen MR) is 74.7 cm³/mol. The summed E-state index contributed by atoms with van der Waals surface area (Å²) >= 11 is 0. The first-order chi connectivity index (χ1) is 9.96. The average molecular weight is 307 g/mol. The fraction of sp³-hybridized carbons (Fsp3) is 0.533. The number of ether oxygens (including phenoxy) is 1. The molecule has 2 saturated heterocycles. The molecule has 21 heavy (non-hydrogen) atoms. The SMILES string of the molecule is Cc1ccc(S(=O)(=O)N2C[C@H]3C[C@@H]4CC3[C@H]2OC4=O)cc1. The standard InChI is InChI=1S/C15H17NO4S/c1-9-2-4-12(5-3-9)21(18,19)16-8-11-6-10-7-13(11)14(16)20-15(10)17/h2-5,10-11,13-14H,6-8H2,1H3/t10-,11-,13?,14-/m1/s1. The summed E-state index contributed by atoms with van der Waals surface area (Å²) in [7, 11) is -3.60. The lowest BCUT2D eigenvalue weighted by Crippen LogP contribution is -2.45. The Bertz CT molecular complexity index is 695. The monoisotopic (exact) mass is 307 g/mol. The van der Waals surface area contributed by atoms with Crippen LogP contribution in [-0.4, -0.2) is 31.5 Å². The van der Waals surface area contributed by atoms with Crippen LogP contribution < -0.4 is 0 Å². The van der Waals surface area contributed by atoms with Crippen LogP contribution in [0.15, 0.2) is 29.2 Å². The van der Waals surface area contributed by atoms with E-state index < -0.39 is 16.3 Å². The molecule has 6 heteroatoms. The van der Waals surface area contributed by atoms with Crippen LogP contribution in [0.3, 0.4) is 0 Å². The second kappa shape index (κ2) is 4.30. The molecule has 0 N–H and O–H groups in total. The number of hydrogen-bond acceptors (Lipinski definition) is 4. The number of benzene rings is 1. The number of esters is 1. The van der Waals surface area contributed by atoms with E-state index in [1.54, 1.807) is 24.3 Å². The topological polar surface area (TPSA) is 63.7 Å². The molecular weight excluding hydrogens is 290 g/mol. The molecule has 2 aliphatic heterocycles. The Hall–Kier alpha value is -1.40. The molecule has 3 aliphatic rings. The Balaban J connectivity index is 1.70. The van der Waals surface area contributed by atoms with Crippen LogP contribution in [0, 0.1) is 24.7 Å². The Morgan fingerprint density at radius 1 is 1.19 bits per heavy atom. The predicted octanol–water partition coefficient (Wildman–Crippen LogP) is 1.52. The maximum atomic E-state index is 12.8. The zero-order valence-electron chi connectivity index (χ0n) is 11.7. The number of sulfonamides is 1. The van der Waals surface area contributed by atoms with Crippen molar-refractivity contribution in [2.24, 2.45) is 17.8 Å². The van der Waals surface area contributed by atoms with Crippen LogP contribution in [0.5, 0.6) is 0 Å². The number of nitrogens with zero attached hydrogens (tertiary/aromatic N) is 1. The first-order valence-electron chi connectivity index (χ1n) is 7.26. The smallest absolute Gasteiger partial charge is 0.310 e. The quantitative estimate of drug-likeness (QED) is 0.777. The summed E-state index contributed by atoms with van der Waals surface area (Å²) < 4.78 is 32.4. The molecule has 2 bridgehead atoms. The van der Waals surface area contributed by atoms with Gasteiger partial charge in [-0.05, 0) is 37.8 Å². The van der Waals surface area contributed by atoms with Gasteiger partial charge in [0.15, 0.2) is 6.23 Å². The molecule has 4 atom stereocenters. The van der Waals surface area contributed by atoms with Crippen molar-refractivity contribution in [1.82, 2.24) is 4.31 Å². The molecule has 3 fully saturated rings. The van der Waals surface area contributed by atoms with Gasteiger partial charge in [-0.15, -0.1) is 0 Å². The number of fused-ring (bicyclic) bond motifs is 1. The van der Waals surface area contributed by atoms with E-state index >= 15 is 0 Å². The Labute approximate surface area is 123 Å². The maximum absolute atomic E-state index is 12.8. The van der Waals surface area contributed by atoms with Crippen molar-refractivity contribution in [1.29, 1.82) is 0 Å². The van der Waals surface area contributed by atoms with Crippen LogP contribution in [0.1, 0.15) is 18.4 Å². The molecule has 4 rings (SSSR count). The van der Waals surface area contributed by atoms with Crippen LogP contribution in [0.25, 0.3) is 0 Å². The number of aryl methyl sites for hydroxylation is 1. The minimum atomic E-state index is -3.60. The zero-order chi connectivity index (χ0) is 14.8. The van der Waals surface area contributed by atoms with Gasteiger partial charge < -0.3 is 4.74 Å². The fourth-order valence-corrected chi connectivity index (χ4v) is 5.51. The molecule has 2 heterocycles. The summed E-state index contributed by atoms with van der Waals surface area (Å²) in [6, 6.07) is 6.80. The summed E-state index contributed by atoms with van der Waals surface area (Å²) in [5, 5.41) is 0. The van der Waals surface area contributed by atoms with Crippen molar-refractivity contribution in [3.63, 3.8) is 0 Å². The number of hydrogen-bond donors (Lipinski definition) is 0. The van der Waals surface area contributed by atoms with E-state index in [0.717, 1.165) is 18.4 Å². The maximum Gasteiger partial charge on any atom is 0.310 e. The highest BCUT2D eigenvalue weighted by molar-refractivity contribution is 7.89. The molecule has 1 unspecified atom stereocenters. The van der Waals surface area contributed by atoms with Gasteiger partial charge in [0.05, 0.1) is 10.8 Å². The molecule has 112 valence electrons. The molecule has 0 spiro atoms. The number of rotatable bonds is 2. The van der Waals surface area contributed by atoms with E-state index in [1.807, 2.05) is 6.92 Å². The molecule has 5 nitrogen and oxygen atoms in total. The van der Waals surface area contributed by atoms with E-state index in [0.29, 0.717) is 6.54 Å². The second-order valence-electron chi connectivity index (χ2n) is 6.31. The summed E-state index contributed by atoms with van der Waals surface area (Å²) in [6.45, 7) is 2.38. The van der Waals surface area contributed by atoms with Gasteiger partial charge in [0.2, 0.25) is 10.0 Å². The van der Waals surface area contributed by atoms with E-state index in [-0.39, 0.29) is 28.6 Å². The van der Waals surface area contributed by atoms with Crippen molar-refractivity contribution in [2.45, 2.75) is 30.9 Å². The lowest BCUT2D eigenvalue weighted by atomic mass is 9.99. The highest BCUT2D eigenvalue weighted by Crippen LogP contribution is 2.50. The Morgan fingerprint density at radius 3 is 2.62 bits per heavy atom. The normalized spacial score (nSPS) is 35.0. The Kier molecular flexibility index (Phi) is 2.72. The lowest BCUT2D eigenvalue weighted by molar-refractivity contribution is -0.166. The molecule has 0 amide bonds. The van der Waals surface area contributed by atoms with Gasteiger partial charge in [-0.1, -0.05) is 17.7 Å². The zero-order valence-corrected chi connectivity index (χ0v) is 12.5. The van der Waals surface area contributed by atoms with Gasteiger partial charge in [0.25, 0.3) is 0 Å². The summed E-state index contributed by atoms with van der Waals surface area (Å²) in [4.78, 5) is 12.1.